The van der Waals surface area contributed by atoms with Crippen molar-refractivity contribution in [1.82, 2.24) is 0 Å². The van der Waals surface area contributed by atoms with Gasteiger partial charge in [0.25, 0.3) is 0 Å². The van der Waals surface area contributed by atoms with Crippen LogP contribution >= 0.6 is 0 Å². The lowest BCUT2D eigenvalue weighted by Crippen LogP contribution is -2.30. The fraction of sp³-hybridized carbons (Fsp3) is 0.917. The van der Waals surface area contributed by atoms with Gasteiger partial charge in [-0.3, -0.25) is 4.79 Å². The fourth-order valence-corrected chi connectivity index (χ4v) is 2.79. The van der Waals surface area contributed by atoms with E-state index >= 15 is 0 Å². The molecule has 2 saturated carbocycles. The molecule has 0 aromatic heterocycles. The quantitative estimate of drug-likeness (QED) is 0.782. The van der Waals surface area contributed by atoms with Crippen LogP contribution in [0, 0.1) is 5.92 Å². The third-order valence-electron chi connectivity index (χ3n) is 3.66. The van der Waals surface area contributed by atoms with E-state index in [0.717, 1.165) is 25.7 Å². The van der Waals surface area contributed by atoms with E-state index in [4.69, 9.17) is 9.84 Å². The van der Waals surface area contributed by atoms with Crippen LogP contribution in [0.4, 0.5) is 0 Å². The van der Waals surface area contributed by atoms with Crippen molar-refractivity contribution in [2.24, 2.45) is 5.92 Å². The highest BCUT2D eigenvalue weighted by Crippen LogP contribution is 2.30. The van der Waals surface area contributed by atoms with Crippen molar-refractivity contribution in [2.75, 3.05) is 0 Å². The van der Waals surface area contributed by atoms with E-state index in [2.05, 4.69) is 0 Å². The van der Waals surface area contributed by atoms with Crippen LogP contribution in [0.3, 0.4) is 0 Å². The monoisotopic (exact) mass is 212 g/mol. The Hall–Kier alpha value is -0.570. The van der Waals surface area contributed by atoms with Gasteiger partial charge in [-0.15, -0.1) is 0 Å². The van der Waals surface area contributed by atoms with Crippen molar-refractivity contribution in [3.05, 3.63) is 0 Å². The third kappa shape index (κ3) is 2.94. The summed E-state index contributed by atoms with van der Waals surface area (Å²) in [5, 5.41) is 8.96. The van der Waals surface area contributed by atoms with E-state index in [-0.39, 0.29) is 12.0 Å². The zero-order valence-electron chi connectivity index (χ0n) is 9.15. The van der Waals surface area contributed by atoms with Crippen LogP contribution in [0.2, 0.25) is 0 Å². The van der Waals surface area contributed by atoms with Crippen molar-refractivity contribution in [3.63, 3.8) is 0 Å². The normalized spacial score (nSPS) is 33.1. The van der Waals surface area contributed by atoms with Gasteiger partial charge in [-0.2, -0.15) is 0 Å². The highest BCUT2D eigenvalue weighted by molar-refractivity contribution is 5.70. The highest BCUT2D eigenvalue weighted by Gasteiger charge is 2.29. The zero-order valence-corrected chi connectivity index (χ0v) is 9.15. The molecule has 0 heterocycles. The van der Waals surface area contributed by atoms with E-state index in [0.29, 0.717) is 6.10 Å². The molecule has 2 rings (SSSR count). The average molecular weight is 212 g/mol. The number of ether oxygens (including phenoxy) is 1. The van der Waals surface area contributed by atoms with Gasteiger partial charge in [0, 0.05) is 0 Å². The Morgan fingerprint density at radius 1 is 1.00 bits per heavy atom. The molecule has 2 aliphatic carbocycles. The smallest absolute Gasteiger partial charge is 0.306 e. The molecule has 0 spiro atoms. The molecule has 0 bridgehead atoms. The molecule has 1 N–H and O–H groups in total. The second-order valence-corrected chi connectivity index (χ2v) is 4.87. The predicted molar refractivity (Wildman–Crippen MR) is 56.7 cm³/mol. The van der Waals surface area contributed by atoms with Crippen molar-refractivity contribution in [1.29, 1.82) is 0 Å². The van der Waals surface area contributed by atoms with Gasteiger partial charge in [-0.1, -0.05) is 19.3 Å². The molecule has 2 aliphatic rings. The predicted octanol–water partition coefficient (Wildman–Crippen LogP) is 2.59. The molecular formula is C12H20O3. The molecule has 3 heteroatoms. The second kappa shape index (κ2) is 4.97. The summed E-state index contributed by atoms with van der Waals surface area (Å²) < 4.78 is 5.97. The van der Waals surface area contributed by atoms with Crippen molar-refractivity contribution >= 4 is 5.97 Å². The van der Waals surface area contributed by atoms with Gasteiger partial charge in [0.05, 0.1) is 18.1 Å². The molecule has 2 fully saturated rings. The number of rotatable bonds is 3. The largest absolute Gasteiger partial charge is 0.481 e. The molecule has 0 amide bonds. The molecular weight excluding hydrogens is 192 g/mol. The molecule has 2 atom stereocenters. The van der Waals surface area contributed by atoms with E-state index in [9.17, 15) is 4.79 Å². The maximum atomic E-state index is 10.9. The van der Waals surface area contributed by atoms with E-state index < -0.39 is 5.97 Å². The summed E-state index contributed by atoms with van der Waals surface area (Å²) in [4.78, 5) is 10.9. The fourth-order valence-electron chi connectivity index (χ4n) is 2.79. The zero-order chi connectivity index (χ0) is 10.7. The first-order valence-electron chi connectivity index (χ1n) is 6.14. The van der Waals surface area contributed by atoms with Crippen LogP contribution in [-0.4, -0.2) is 23.3 Å². The Kier molecular flexibility index (Phi) is 3.62. The lowest BCUT2D eigenvalue weighted by molar-refractivity contribution is -0.145. The minimum Gasteiger partial charge on any atom is -0.481 e. The van der Waals surface area contributed by atoms with Gasteiger partial charge in [-0.25, -0.2) is 0 Å². The summed E-state index contributed by atoms with van der Waals surface area (Å²) in [6.07, 6.45) is 9.16. The lowest BCUT2D eigenvalue weighted by atomic mass is 9.87. The van der Waals surface area contributed by atoms with E-state index in [1.54, 1.807) is 0 Å². The molecule has 0 aromatic carbocycles. The van der Waals surface area contributed by atoms with Crippen LogP contribution in [0.1, 0.15) is 51.4 Å². The molecule has 0 aliphatic heterocycles. The van der Waals surface area contributed by atoms with Gasteiger partial charge >= 0.3 is 5.97 Å². The molecule has 3 nitrogen and oxygen atoms in total. The SMILES string of the molecule is O=C(O)C1CCCC(OC2CCCC2)C1. The molecule has 2 unspecified atom stereocenters. The highest BCUT2D eigenvalue weighted by atomic mass is 16.5. The van der Waals surface area contributed by atoms with Crippen LogP contribution in [0.25, 0.3) is 0 Å². The molecule has 0 radical (unpaired) electrons. The third-order valence-corrected chi connectivity index (χ3v) is 3.66. The summed E-state index contributed by atoms with van der Waals surface area (Å²) in [6.45, 7) is 0. The van der Waals surface area contributed by atoms with Crippen LogP contribution in [0.15, 0.2) is 0 Å². The molecule has 86 valence electrons. The first kappa shape index (κ1) is 10.9. The number of carboxylic acid groups (broad SMARTS) is 1. The van der Waals surface area contributed by atoms with Gasteiger partial charge < -0.3 is 9.84 Å². The first-order valence-corrected chi connectivity index (χ1v) is 6.14. The molecule has 0 saturated heterocycles. The van der Waals surface area contributed by atoms with E-state index in [1.807, 2.05) is 0 Å². The Morgan fingerprint density at radius 3 is 2.33 bits per heavy atom. The van der Waals surface area contributed by atoms with Crippen LogP contribution < -0.4 is 0 Å². The average Bonchev–Trinajstić information content (AvgIpc) is 2.71. The van der Waals surface area contributed by atoms with Crippen molar-refractivity contribution in [3.8, 4) is 0 Å². The minimum absolute atomic E-state index is 0.162. The summed E-state index contributed by atoms with van der Waals surface area (Å²) in [6, 6.07) is 0. The van der Waals surface area contributed by atoms with Crippen molar-refractivity contribution < 1.29 is 14.6 Å². The maximum Gasteiger partial charge on any atom is 0.306 e. The minimum atomic E-state index is -0.644. The van der Waals surface area contributed by atoms with Crippen molar-refractivity contribution in [2.45, 2.75) is 63.6 Å². The van der Waals surface area contributed by atoms with Crippen LogP contribution in [-0.2, 0) is 9.53 Å². The van der Waals surface area contributed by atoms with E-state index in [1.165, 1.54) is 25.7 Å². The number of hydrogen-bond acceptors (Lipinski definition) is 2. The van der Waals surface area contributed by atoms with Crippen LogP contribution in [0.5, 0.6) is 0 Å². The van der Waals surface area contributed by atoms with Gasteiger partial charge in [0.2, 0.25) is 0 Å². The van der Waals surface area contributed by atoms with Gasteiger partial charge in [0.1, 0.15) is 0 Å². The molecule has 0 aromatic rings. The number of carboxylic acids is 1. The Morgan fingerprint density at radius 2 is 1.67 bits per heavy atom. The van der Waals surface area contributed by atoms with Gasteiger partial charge in [0.15, 0.2) is 0 Å². The summed E-state index contributed by atoms with van der Waals surface area (Å²) >= 11 is 0. The Bertz CT molecular complexity index is 221. The standard InChI is InChI=1S/C12H20O3/c13-12(14)9-4-3-7-11(8-9)15-10-5-1-2-6-10/h9-11H,1-8H2,(H,13,14). The summed E-state index contributed by atoms with van der Waals surface area (Å²) in [5.41, 5.74) is 0. The summed E-state index contributed by atoms with van der Waals surface area (Å²) in [5.74, 6) is -0.806. The lowest BCUT2D eigenvalue weighted by Gasteiger charge is -2.29. The number of carbonyl (C=O) groups is 1. The Balaban J connectivity index is 1.79. The maximum absolute atomic E-state index is 10.9. The molecule has 15 heavy (non-hydrogen) atoms. The van der Waals surface area contributed by atoms with Gasteiger partial charge in [-0.05, 0) is 32.1 Å². The number of aliphatic carboxylic acids is 1. The first-order chi connectivity index (χ1) is 7.25. The topological polar surface area (TPSA) is 46.5 Å². The Labute approximate surface area is 90.8 Å². The second-order valence-electron chi connectivity index (χ2n) is 4.87. The number of hydrogen-bond donors (Lipinski definition) is 1. The summed E-state index contributed by atoms with van der Waals surface area (Å²) in [7, 11) is 0.